The summed E-state index contributed by atoms with van der Waals surface area (Å²) in [5.74, 6) is 1.04. The standard InChI is InChI=1S/C23H22N8O3/c1-14-8-16(10-24)26-12-18(14)34-20-9-17(21-22(30-20)31(2)13-28-21)29-19-5-4-15(11-27-19)23(33)25-6-3-7-32/h4-5,8-9,11-13,32H,3,6-7H2,1-2H3,(H,25,33)(H,27,29,30). The first-order valence-corrected chi connectivity index (χ1v) is 10.5. The Labute approximate surface area is 195 Å². The number of aliphatic hydroxyl groups excluding tert-OH is 1. The number of amides is 1. The molecule has 0 saturated carbocycles. The second kappa shape index (κ2) is 9.93. The normalized spacial score (nSPS) is 10.6. The van der Waals surface area contributed by atoms with E-state index in [2.05, 4.69) is 30.6 Å². The van der Waals surface area contributed by atoms with Gasteiger partial charge in [0.2, 0.25) is 5.88 Å². The average Bonchev–Trinajstić information content (AvgIpc) is 3.22. The van der Waals surface area contributed by atoms with E-state index in [1.165, 1.54) is 12.4 Å². The van der Waals surface area contributed by atoms with Gasteiger partial charge in [0.25, 0.3) is 5.91 Å². The smallest absolute Gasteiger partial charge is 0.252 e. The van der Waals surface area contributed by atoms with Crippen LogP contribution >= 0.6 is 0 Å². The van der Waals surface area contributed by atoms with E-state index in [1.54, 1.807) is 35.2 Å². The largest absolute Gasteiger partial charge is 0.437 e. The van der Waals surface area contributed by atoms with Crippen molar-refractivity contribution in [3.05, 3.63) is 59.8 Å². The molecule has 4 heterocycles. The summed E-state index contributed by atoms with van der Waals surface area (Å²) < 4.78 is 7.73. The molecule has 0 unspecified atom stereocenters. The van der Waals surface area contributed by atoms with Gasteiger partial charge in [-0.05, 0) is 37.1 Å². The predicted molar refractivity (Wildman–Crippen MR) is 124 cm³/mol. The molecule has 0 aliphatic carbocycles. The maximum absolute atomic E-state index is 12.1. The fraction of sp³-hybridized carbons (Fsp3) is 0.217. The van der Waals surface area contributed by atoms with E-state index in [1.807, 2.05) is 20.0 Å². The molecule has 0 radical (unpaired) electrons. The Bertz CT molecular complexity index is 1380. The second-order valence-corrected chi connectivity index (χ2v) is 7.47. The van der Waals surface area contributed by atoms with E-state index in [0.29, 0.717) is 58.5 Å². The first kappa shape index (κ1) is 22.6. The molecule has 0 aliphatic rings. The highest BCUT2D eigenvalue weighted by atomic mass is 16.5. The predicted octanol–water partition coefficient (Wildman–Crippen LogP) is 2.59. The van der Waals surface area contributed by atoms with Crippen LogP contribution in [0.25, 0.3) is 11.2 Å². The minimum atomic E-state index is -0.259. The number of anilines is 2. The number of aryl methyl sites for hydroxylation is 2. The number of nitrogens with one attached hydrogen (secondary N) is 2. The highest BCUT2D eigenvalue weighted by Gasteiger charge is 2.14. The summed E-state index contributed by atoms with van der Waals surface area (Å²) in [6.45, 7) is 2.23. The van der Waals surface area contributed by atoms with Crippen LogP contribution in [0.5, 0.6) is 11.6 Å². The van der Waals surface area contributed by atoms with Crippen molar-refractivity contribution in [1.29, 1.82) is 5.26 Å². The van der Waals surface area contributed by atoms with Crippen LogP contribution < -0.4 is 15.4 Å². The Balaban J connectivity index is 1.59. The lowest BCUT2D eigenvalue weighted by Crippen LogP contribution is -2.25. The molecule has 0 fully saturated rings. The molecular weight excluding hydrogens is 436 g/mol. The minimum Gasteiger partial charge on any atom is -0.437 e. The van der Waals surface area contributed by atoms with Crippen molar-refractivity contribution in [3.8, 4) is 17.7 Å². The number of pyridine rings is 3. The zero-order valence-corrected chi connectivity index (χ0v) is 18.6. The minimum absolute atomic E-state index is 0.0161. The molecule has 0 bridgehead atoms. The highest BCUT2D eigenvalue weighted by molar-refractivity contribution is 5.94. The number of carbonyl (C=O) groups excluding carboxylic acids is 1. The molecule has 1 amide bonds. The number of ether oxygens (including phenoxy) is 1. The Morgan fingerprint density at radius 3 is 2.79 bits per heavy atom. The number of carbonyl (C=O) groups is 1. The van der Waals surface area contributed by atoms with E-state index < -0.39 is 0 Å². The van der Waals surface area contributed by atoms with Crippen molar-refractivity contribution >= 4 is 28.6 Å². The highest BCUT2D eigenvalue weighted by Crippen LogP contribution is 2.31. The summed E-state index contributed by atoms with van der Waals surface area (Å²) in [6.07, 6.45) is 5.09. The number of aliphatic hydroxyl groups is 1. The van der Waals surface area contributed by atoms with Gasteiger partial charge < -0.3 is 25.0 Å². The van der Waals surface area contributed by atoms with Crippen molar-refractivity contribution in [3.63, 3.8) is 0 Å². The third kappa shape index (κ3) is 4.92. The number of rotatable bonds is 8. The van der Waals surface area contributed by atoms with Gasteiger partial charge in [0, 0.05) is 32.5 Å². The molecule has 11 nitrogen and oxygen atoms in total. The Morgan fingerprint density at radius 1 is 1.24 bits per heavy atom. The van der Waals surface area contributed by atoms with Crippen LogP contribution in [-0.2, 0) is 7.05 Å². The van der Waals surface area contributed by atoms with E-state index in [9.17, 15) is 4.79 Å². The molecule has 34 heavy (non-hydrogen) atoms. The molecule has 0 aliphatic heterocycles. The van der Waals surface area contributed by atoms with Crippen molar-refractivity contribution in [2.45, 2.75) is 13.3 Å². The number of hydrogen-bond acceptors (Lipinski definition) is 9. The summed E-state index contributed by atoms with van der Waals surface area (Å²) in [5.41, 5.74) is 3.30. The van der Waals surface area contributed by atoms with Gasteiger partial charge in [-0.2, -0.15) is 10.2 Å². The molecule has 0 spiro atoms. The first-order chi connectivity index (χ1) is 16.5. The zero-order valence-electron chi connectivity index (χ0n) is 18.6. The molecule has 172 valence electrons. The number of hydrogen-bond donors (Lipinski definition) is 3. The lowest BCUT2D eigenvalue weighted by molar-refractivity contribution is 0.0951. The molecule has 4 aromatic heterocycles. The summed E-state index contributed by atoms with van der Waals surface area (Å²) in [7, 11) is 1.83. The lowest BCUT2D eigenvalue weighted by atomic mass is 10.2. The van der Waals surface area contributed by atoms with Crippen LogP contribution in [0.3, 0.4) is 0 Å². The third-order valence-electron chi connectivity index (χ3n) is 4.95. The van der Waals surface area contributed by atoms with Crippen molar-refractivity contribution in [2.24, 2.45) is 7.05 Å². The van der Waals surface area contributed by atoms with Gasteiger partial charge in [0.15, 0.2) is 11.4 Å². The molecule has 4 aromatic rings. The lowest BCUT2D eigenvalue weighted by Gasteiger charge is -2.11. The van der Waals surface area contributed by atoms with Crippen molar-refractivity contribution in [2.75, 3.05) is 18.5 Å². The topological polar surface area (TPSA) is 151 Å². The van der Waals surface area contributed by atoms with E-state index in [0.717, 1.165) is 5.56 Å². The maximum atomic E-state index is 12.1. The molecule has 0 saturated heterocycles. The summed E-state index contributed by atoms with van der Waals surface area (Å²) in [4.78, 5) is 29.5. The van der Waals surface area contributed by atoms with Gasteiger partial charge >= 0.3 is 0 Å². The second-order valence-electron chi connectivity index (χ2n) is 7.47. The van der Waals surface area contributed by atoms with Crippen LogP contribution in [0, 0.1) is 18.3 Å². The Morgan fingerprint density at radius 2 is 2.09 bits per heavy atom. The van der Waals surface area contributed by atoms with E-state index >= 15 is 0 Å². The van der Waals surface area contributed by atoms with Crippen molar-refractivity contribution < 1.29 is 14.6 Å². The fourth-order valence-electron chi connectivity index (χ4n) is 3.17. The first-order valence-electron chi connectivity index (χ1n) is 10.5. The quantitative estimate of drug-likeness (QED) is 0.338. The molecule has 4 rings (SSSR count). The van der Waals surface area contributed by atoms with E-state index in [4.69, 9.17) is 15.1 Å². The summed E-state index contributed by atoms with van der Waals surface area (Å²) >= 11 is 0. The SMILES string of the molecule is Cc1cc(C#N)ncc1Oc1cc(Nc2ccc(C(=O)NCCCO)cn2)c2ncn(C)c2n1. The van der Waals surface area contributed by atoms with Crippen molar-refractivity contribution in [1.82, 2.24) is 29.8 Å². The fourth-order valence-corrected chi connectivity index (χ4v) is 3.17. The monoisotopic (exact) mass is 458 g/mol. The van der Waals surface area contributed by atoms with Gasteiger partial charge in [-0.15, -0.1) is 0 Å². The summed E-state index contributed by atoms with van der Waals surface area (Å²) in [6, 6.07) is 8.68. The van der Waals surface area contributed by atoms with Gasteiger partial charge in [0.05, 0.1) is 23.8 Å². The number of fused-ring (bicyclic) bond motifs is 1. The van der Waals surface area contributed by atoms with E-state index in [-0.39, 0.29) is 12.5 Å². The number of nitriles is 1. The van der Waals surface area contributed by atoms with Gasteiger partial charge in [-0.1, -0.05) is 0 Å². The Kier molecular flexibility index (Phi) is 6.61. The van der Waals surface area contributed by atoms with Crippen LogP contribution in [0.15, 0.2) is 43.0 Å². The van der Waals surface area contributed by atoms with Crippen LogP contribution in [0.2, 0.25) is 0 Å². The number of aromatic nitrogens is 5. The summed E-state index contributed by atoms with van der Waals surface area (Å²) in [5, 5.41) is 23.8. The van der Waals surface area contributed by atoms with Gasteiger partial charge in [-0.3, -0.25) is 4.79 Å². The number of nitrogens with zero attached hydrogens (tertiary/aromatic N) is 6. The van der Waals surface area contributed by atoms with Gasteiger partial charge in [-0.25, -0.2) is 15.0 Å². The molecular formula is C23H22N8O3. The van der Waals surface area contributed by atoms with Gasteiger partial charge in [0.1, 0.15) is 23.1 Å². The number of imidazole rings is 1. The van der Waals surface area contributed by atoms with Crippen LogP contribution in [-0.4, -0.2) is 48.7 Å². The van der Waals surface area contributed by atoms with Crippen LogP contribution in [0.4, 0.5) is 11.5 Å². The average molecular weight is 458 g/mol. The molecule has 0 atom stereocenters. The molecule has 3 N–H and O–H groups in total. The molecule has 11 heteroatoms. The molecule has 0 aromatic carbocycles. The third-order valence-corrected chi connectivity index (χ3v) is 4.95. The Hall–Kier alpha value is -4.56. The zero-order chi connectivity index (χ0) is 24.1. The van der Waals surface area contributed by atoms with Crippen LogP contribution in [0.1, 0.15) is 28.0 Å². The maximum Gasteiger partial charge on any atom is 0.252 e.